The molecule has 0 aliphatic carbocycles. The average Bonchev–Trinajstić information content (AvgIpc) is 3.26. The predicted molar refractivity (Wildman–Crippen MR) is 234 cm³/mol. The summed E-state index contributed by atoms with van der Waals surface area (Å²) in [5.41, 5.74) is 0. The topological polar surface area (TPSA) is 231 Å². The van der Waals surface area contributed by atoms with Crippen molar-refractivity contribution in [2.45, 2.75) is 248 Å². The van der Waals surface area contributed by atoms with Crippen LogP contribution in [0, 0.1) is 0 Å². The van der Waals surface area contributed by atoms with Gasteiger partial charge in [-0.15, -0.1) is 0 Å². The normalized spacial score (nSPS) is 27.1. The Bertz CT molecular complexity index is 1140. The van der Waals surface area contributed by atoms with Gasteiger partial charge in [-0.25, -0.2) is 0 Å². The molecule has 0 spiro atoms. The van der Waals surface area contributed by atoms with Crippen LogP contribution in [0.25, 0.3) is 0 Å². The van der Waals surface area contributed by atoms with Gasteiger partial charge in [-0.05, 0) is 38.5 Å². The van der Waals surface area contributed by atoms with Crippen molar-refractivity contribution in [1.29, 1.82) is 0 Å². The lowest BCUT2D eigenvalue weighted by Gasteiger charge is -2.42. The zero-order valence-electron chi connectivity index (χ0n) is 38.1. The van der Waals surface area contributed by atoms with Crippen LogP contribution in [-0.4, -0.2) is 142 Å². The third-order valence-electron chi connectivity index (χ3n) is 11.7. The van der Waals surface area contributed by atoms with Gasteiger partial charge in [-0.2, -0.15) is 0 Å². The molecule has 11 atom stereocenters. The molecule has 2 fully saturated rings. The maximum atomic E-state index is 12.9. The van der Waals surface area contributed by atoms with E-state index in [4.69, 9.17) is 28.4 Å². The summed E-state index contributed by atoms with van der Waals surface area (Å²) in [5.74, 6) is -0.945. The fourth-order valence-electron chi connectivity index (χ4n) is 7.68. The quantitative estimate of drug-likeness (QED) is 0.0221. The molecule has 0 amide bonds. The Morgan fingerprint density at radius 2 is 0.919 bits per heavy atom. The molecule has 2 aliphatic heterocycles. The molecule has 0 bridgehead atoms. The lowest BCUT2D eigenvalue weighted by Crippen LogP contribution is -2.61. The molecular formula is C47H86O15. The molecule has 0 aromatic heterocycles. The Balaban J connectivity index is 1.83. The van der Waals surface area contributed by atoms with E-state index in [0.717, 1.165) is 38.5 Å². The van der Waals surface area contributed by atoms with E-state index in [9.17, 15) is 45.3 Å². The minimum absolute atomic E-state index is 0.166. The van der Waals surface area contributed by atoms with Gasteiger partial charge >= 0.3 is 11.9 Å². The monoisotopic (exact) mass is 891 g/mol. The van der Waals surface area contributed by atoms with E-state index in [1.807, 2.05) is 0 Å². The van der Waals surface area contributed by atoms with Crippen LogP contribution < -0.4 is 0 Å². The van der Waals surface area contributed by atoms with Crippen molar-refractivity contribution in [3.8, 4) is 0 Å². The number of aliphatic hydroxyl groups excluding tert-OH is 7. The van der Waals surface area contributed by atoms with Crippen LogP contribution in [0.15, 0.2) is 12.2 Å². The van der Waals surface area contributed by atoms with E-state index >= 15 is 0 Å². The van der Waals surface area contributed by atoms with Gasteiger partial charge in [0.15, 0.2) is 18.7 Å². The van der Waals surface area contributed by atoms with Gasteiger partial charge in [0.05, 0.1) is 19.8 Å². The molecule has 0 aromatic carbocycles. The van der Waals surface area contributed by atoms with E-state index in [2.05, 4.69) is 26.0 Å². The van der Waals surface area contributed by atoms with Crippen molar-refractivity contribution in [3.63, 3.8) is 0 Å². The van der Waals surface area contributed by atoms with Crippen molar-refractivity contribution < 1.29 is 73.8 Å². The first-order chi connectivity index (χ1) is 30.0. The molecule has 0 aromatic rings. The number of carbonyl (C=O) groups is 2. The van der Waals surface area contributed by atoms with E-state index in [1.165, 1.54) is 103 Å². The Labute approximate surface area is 371 Å². The predicted octanol–water partition coefficient (Wildman–Crippen LogP) is 5.82. The van der Waals surface area contributed by atoms with Crippen molar-refractivity contribution >= 4 is 11.9 Å². The van der Waals surface area contributed by atoms with E-state index < -0.39 is 92.7 Å². The molecular weight excluding hydrogens is 805 g/mol. The summed E-state index contributed by atoms with van der Waals surface area (Å²) in [7, 11) is 0. The van der Waals surface area contributed by atoms with Gasteiger partial charge in [0.2, 0.25) is 0 Å². The molecule has 4 unspecified atom stereocenters. The lowest BCUT2D eigenvalue weighted by atomic mass is 9.98. The first-order valence-corrected chi connectivity index (χ1v) is 24.3. The smallest absolute Gasteiger partial charge is 0.306 e. The highest BCUT2D eigenvalue weighted by atomic mass is 16.7. The number of hydrogen-bond donors (Lipinski definition) is 7. The van der Waals surface area contributed by atoms with Gasteiger partial charge in [0.25, 0.3) is 0 Å². The highest BCUT2D eigenvalue weighted by Gasteiger charge is 2.47. The molecule has 2 aliphatic rings. The third kappa shape index (κ3) is 24.0. The number of rotatable bonds is 37. The number of carbonyl (C=O) groups excluding carboxylic acids is 2. The maximum absolute atomic E-state index is 12.9. The number of allylic oxidation sites excluding steroid dienone is 2. The first-order valence-electron chi connectivity index (χ1n) is 24.3. The number of esters is 2. The van der Waals surface area contributed by atoms with Crippen molar-refractivity contribution in [2.75, 3.05) is 26.4 Å². The summed E-state index contributed by atoms with van der Waals surface area (Å²) in [4.78, 5) is 25.6. The van der Waals surface area contributed by atoms with E-state index in [0.29, 0.717) is 12.8 Å². The summed E-state index contributed by atoms with van der Waals surface area (Å²) in [6.07, 6.45) is 15.4. The summed E-state index contributed by atoms with van der Waals surface area (Å²) < 4.78 is 33.5. The summed E-state index contributed by atoms with van der Waals surface area (Å²) in [6.45, 7) is 2.56. The highest BCUT2D eigenvalue weighted by Crippen LogP contribution is 2.26. The van der Waals surface area contributed by atoms with Crippen molar-refractivity contribution in [3.05, 3.63) is 12.2 Å². The van der Waals surface area contributed by atoms with Crippen LogP contribution in [-0.2, 0) is 38.0 Å². The summed E-state index contributed by atoms with van der Waals surface area (Å²) in [6, 6.07) is 0. The van der Waals surface area contributed by atoms with E-state index in [-0.39, 0.29) is 26.1 Å². The van der Waals surface area contributed by atoms with Crippen LogP contribution in [0.5, 0.6) is 0 Å². The number of hydrogen-bond acceptors (Lipinski definition) is 15. The van der Waals surface area contributed by atoms with Crippen LogP contribution in [0.4, 0.5) is 0 Å². The molecule has 0 radical (unpaired) electrons. The van der Waals surface area contributed by atoms with Crippen LogP contribution in [0.1, 0.15) is 181 Å². The highest BCUT2D eigenvalue weighted by molar-refractivity contribution is 5.70. The Hall–Kier alpha value is -1.76. The van der Waals surface area contributed by atoms with Crippen LogP contribution >= 0.6 is 0 Å². The van der Waals surface area contributed by atoms with Gasteiger partial charge in [-0.3, -0.25) is 9.59 Å². The molecule has 15 nitrogen and oxygen atoms in total. The summed E-state index contributed by atoms with van der Waals surface area (Å²) in [5, 5.41) is 71.9. The lowest BCUT2D eigenvalue weighted by molar-refractivity contribution is -0.332. The standard InChI is InChI=1S/C47H86O15/c1-3-5-7-9-11-13-15-16-17-18-20-21-23-25-27-29-38(49)57-32-35(60-39(50)30-28-26-24-22-19-14-12-10-8-6-4-2)33-58-46-45(56)43(54)41(52)37(62-46)34-59-47-44(55)42(53)40(51)36(31-48)61-47/h20-21,35-37,40-48,51-56H,3-19,22-34H2,1-2H3/b21-20+/t35-,36-,37-,40+,41+,42?,43?,44?,45?,46-,47-/m1/s1. The fraction of sp³-hybridized carbons (Fsp3) is 0.915. The van der Waals surface area contributed by atoms with Crippen molar-refractivity contribution in [1.82, 2.24) is 0 Å². The number of aliphatic hydroxyl groups is 7. The Morgan fingerprint density at radius 1 is 0.500 bits per heavy atom. The molecule has 15 heteroatoms. The van der Waals surface area contributed by atoms with Gasteiger partial charge in [0, 0.05) is 12.8 Å². The minimum atomic E-state index is -1.76. The van der Waals surface area contributed by atoms with Crippen LogP contribution in [0.3, 0.4) is 0 Å². The number of ether oxygens (including phenoxy) is 6. The molecule has 7 N–H and O–H groups in total. The van der Waals surface area contributed by atoms with Crippen molar-refractivity contribution in [2.24, 2.45) is 0 Å². The molecule has 2 heterocycles. The second-order valence-electron chi connectivity index (χ2n) is 17.3. The van der Waals surface area contributed by atoms with Gasteiger partial charge < -0.3 is 64.2 Å². The number of unbranched alkanes of at least 4 members (excludes halogenated alkanes) is 21. The summed E-state index contributed by atoms with van der Waals surface area (Å²) >= 11 is 0. The second kappa shape index (κ2) is 35.5. The Morgan fingerprint density at radius 3 is 1.45 bits per heavy atom. The third-order valence-corrected chi connectivity index (χ3v) is 11.7. The van der Waals surface area contributed by atoms with Gasteiger partial charge in [0.1, 0.15) is 55.4 Å². The maximum Gasteiger partial charge on any atom is 0.306 e. The van der Waals surface area contributed by atoms with Gasteiger partial charge in [-0.1, -0.05) is 142 Å². The fourth-order valence-corrected chi connectivity index (χ4v) is 7.68. The molecule has 0 saturated carbocycles. The molecule has 364 valence electrons. The first kappa shape index (κ1) is 56.4. The minimum Gasteiger partial charge on any atom is -0.462 e. The SMILES string of the molecule is CCCCCCCCCCC/C=C/CCCCC(=O)OC[C@H](CO[C@@H]1O[C@H](CO[C@@H]2O[C@H](CO)[C@H](O)C(O)C2O)[C@H](O)C(O)C1O)OC(=O)CCCCCCCCCCCCC. The molecule has 2 saturated heterocycles. The zero-order valence-corrected chi connectivity index (χ0v) is 38.1. The second-order valence-corrected chi connectivity index (χ2v) is 17.3. The van der Waals surface area contributed by atoms with E-state index in [1.54, 1.807) is 0 Å². The Kier molecular flexibility index (Phi) is 32.3. The molecule has 2 rings (SSSR count). The van der Waals surface area contributed by atoms with Crippen LogP contribution in [0.2, 0.25) is 0 Å². The average molecular weight is 891 g/mol. The molecule has 62 heavy (non-hydrogen) atoms. The largest absolute Gasteiger partial charge is 0.462 e. The zero-order chi connectivity index (χ0) is 45.4.